The first-order valence-corrected chi connectivity index (χ1v) is 10.8. The maximum atomic E-state index is 15.3. The van der Waals surface area contributed by atoms with Gasteiger partial charge in [0.15, 0.2) is 5.82 Å². The third-order valence-corrected chi connectivity index (χ3v) is 5.89. The first-order valence-electron chi connectivity index (χ1n) is 10.8. The Labute approximate surface area is 184 Å². The van der Waals surface area contributed by atoms with Crippen LogP contribution in [0.15, 0.2) is 36.5 Å². The van der Waals surface area contributed by atoms with Crippen LogP contribution in [-0.2, 0) is 23.1 Å². The number of carbonyl (C=O) groups excluding carboxylic acids is 1. The first kappa shape index (κ1) is 20.4. The number of rotatable bonds is 5. The van der Waals surface area contributed by atoms with Crippen molar-refractivity contribution in [3.63, 3.8) is 0 Å². The number of hydrogen-bond acceptors (Lipinski definition) is 6. The SMILES string of the molecule is CCOC(=O)Cn1nc(N2CCNCC2)c2c(-c3cc4c(cnn4C)cc3F)cccc21. The van der Waals surface area contributed by atoms with Gasteiger partial charge >= 0.3 is 5.97 Å². The number of hydrogen-bond donors (Lipinski definition) is 1. The zero-order valence-electron chi connectivity index (χ0n) is 18.1. The third-order valence-electron chi connectivity index (χ3n) is 5.89. The molecule has 2 aromatic heterocycles. The lowest BCUT2D eigenvalue weighted by atomic mass is 9.99. The summed E-state index contributed by atoms with van der Waals surface area (Å²) in [6.07, 6.45) is 1.66. The molecule has 0 radical (unpaired) electrons. The minimum absolute atomic E-state index is 0.00311. The molecule has 0 saturated carbocycles. The highest BCUT2D eigenvalue weighted by Crippen LogP contribution is 2.38. The van der Waals surface area contributed by atoms with E-state index in [1.54, 1.807) is 22.5 Å². The Bertz CT molecular complexity index is 1310. The van der Waals surface area contributed by atoms with E-state index < -0.39 is 0 Å². The molecule has 0 amide bonds. The lowest BCUT2D eigenvalue weighted by molar-refractivity contribution is -0.143. The second kappa shape index (κ2) is 8.23. The fourth-order valence-electron chi connectivity index (χ4n) is 4.36. The Hall–Kier alpha value is -3.46. The Kier molecular flexibility index (Phi) is 5.26. The molecular formula is C23H25FN6O2. The van der Waals surface area contributed by atoms with E-state index in [0.29, 0.717) is 12.2 Å². The Morgan fingerprint density at radius 3 is 2.78 bits per heavy atom. The van der Waals surface area contributed by atoms with Crippen LogP contribution in [-0.4, -0.2) is 58.3 Å². The van der Waals surface area contributed by atoms with Crippen LogP contribution >= 0.6 is 0 Å². The van der Waals surface area contributed by atoms with Gasteiger partial charge in [-0.2, -0.15) is 10.2 Å². The number of piperazine rings is 1. The van der Waals surface area contributed by atoms with Gasteiger partial charge in [-0.3, -0.25) is 14.2 Å². The fourth-order valence-corrected chi connectivity index (χ4v) is 4.36. The van der Waals surface area contributed by atoms with E-state index in [1.165, 1.54) is 6.07 Å². The standard InChI is InChI=1S/C23H25FN6O2/c1-3-32-21(31)14-30-19-6-4-5-16(22(19)23(27-30)29-9-7-25-8-10-29)17-12-20-15(11-18(17)24)13-26-28(20)2/h4-6,11-13,25H,3,7-10,14H2,1-2H3. The second-order valence-corrected chi connectivity index (χ2v) is 7.88. The number of benzene rings is 2. The van der Waals surface area contributed by atoms with Crippen LogP contribution in [0.2, 0.25) is 0 Å². The molecule has 1 saturated heterocycles. The minimum Gasteiger partial charge on any atom is -0.465 e. The van der Waals surface area contributed by atoms with Crippen molar-refractivity contribution in [2.45, 2.75) is 13.5 Å². The molecule has 9 heteroatoms. The van der Waals surface area contributed by atoms with Gasteiger partial charge in [-0.15, -0.1) is 0 Å². The number of aryl methyl sites for hydroxylation is 1. The maximum Gasteiger partial charge on any atom is 0.327 e. The normalized spacial score (nSPS) is 14.4. The number of nitrogens with zero attached hydrogens (tertiary/aromatic N) is 5. The molecule has 1 N–H and O–H groups in total. The molecule has 1 aliphatic heterocycles. The van der Waals surface area contributed by atoms with Crippen molar-refractivity contribution in [2.24, 2.45) is 7.05 Å². The smallest absolute Gasteiger partial charge is 0.327 e. The zero-order chi connectivity index (χ0) is 22.2. The van der Waals surface area contributed by atoms with E-state index in [2.05, 4.69) is 15.3 Å². The molecule has 3 heterocycles. The summed E-state index contributed by atoms with van der Waals surface area (Å²) >= 11 is 0. The van der Waals surface area contributed by atoms with Crippen molar-refractivity contribution in [3.8, 4) is 11.1 Å². The highest BCUT2D eigenvalue weighted by Gasteiger charge is 2.24. The third kappa shape index (κ3) is 3.48. The Balaban J connectivity index is 1.73. The molecule has 0 aliphatic carbocycles. The highest BCUT2D eigenvalue weighted by atomic mass is 19.1. The van der Waals surface area contributed by atoms with Crippen LogP contribution in [0.5, 0.6) is 0 Å². The molecule has 0 spiro atoms. The molecule has 0 atom stereocenters. The summed E-state index contributed by atoms with van der Waals surface area (Å²) in [6.45, 7) is 5.33. The summed E-state index contributed by atoms with van der Waals surface area (Å²) in [5, 5.41) is 14.0. The monoisotopic (exact) mass is 436 g/mol. The fraction of sp³-hybridized carbons (Fsp3) is 0.348. The van der Waals surface area contributed by atoms with Crippen molar-refractivity contribution in [1.82, 2.24) is 24.9 Å². The quantitative estimate of drug-likeness (QED) is 0.485. The minimum atomic E-state index is -0.350. The average Bonchev–Trinajstić information content (AvgIpc) is 3.34. The molecule has 0 unspecified atom stereocenters. The van der Waals surface area contributed by atoms with Crippen LogP contribution < -0.4 is 10.2 Å². The van der Waals surface area contributed by atoms with Crippen LogP contribution in [0.1, 0.15) is 6.92 Å². The van der Waals surface area contributed by atoms with E-state index in [4.69, 9.17) is 9.84 Å². The van der Waals surface area contributed by atoms with Gasteiger partial charge in [0.25, 0.3) is 0 Å². The van der Waals surface area contributed by atoms with Crippen molar-refractivity contribution >= 4 is 33.6 Å². The largest absolute Gasteiger partial charge is 0.465 e. The predicted molar refractivity (Wildman–Crippen MR) is 121 cm³/mol. The van der Waals surface area contributed by atoms with Gasteiger partial charge in [-0.05, 0) is 30.7 Å². The van der Waals surface area contributed by atoms with Gasteiger partial charge in [-0.25, -0.2) is 4.39 Å². The molecule has 32 heavy (non-hydrogen) atoms. The Morgan fingerprint density at radius 1 is 1.19 bits per heavy atom. The van der Waals surface area contributed by atoms with E-state index in [0.717, 1.165) is 59.4 Å². The number of fused-ring (bicyclic) bond motifs is 2. The van der Waals surface area contributed by atoms with E-state index in [1.807, 2.05) is 31.3 Å². The number of ether oxygens (including phenoxy) is 1. The number of esters is 1. The topological polar surface area (TPSA) is 77.2 Å². The zero-order valence-corrected chi connectivity index (χ0v) is 18.1. The van der Waals surface area contributed by atoms with Crippen LogP contribution in [0.3, 0.4) is 0 Å². The number of nitrogens with one attached hydrogen (secondary N) is 1. The molecule has 5 rings (SSSR count). The molecule has 166 valence electrons. The van der Waals surface area contributed by atoms with E-state index >= 15 is 4.39 Å². The van der Waals surface area contributed by atoms with Crippen LogP contribution in [0.25, 0.3) is 32.9 Å². The van der Waals surface area contributed by atoms with E-state index in [-0.39, 0.29) is 18.3 Å². The number of aromatic nitrogens is 4. The summed E-state index contributed by atoms with van der Waals surface area (Å²) < 4.78 is 23.8. The summed E-state index contributed by atoms with van der Waals surface area (Å²) in [5.41, 5.74) is 2.85. The average molecular weight is 436 g/mol. The number of halogens is 1. The van der Waals surface area contributed by atoms with E-state index in [9.17, 15) is 4.79 Å². The van der Waals surface area contributed by atoms with Gasteiger partial charge in [0, 0.05) is 44.2 Å². The van der Waals surface area contributed by atoms with Crippen LogP contribution in [0.4, 0.5) is 10.2 Å². The number of anilines is 1. The van der Waals surface area contributed by atoms with Crippen molar-refractivity contribution in [3.05, 3.63) is 42.3 Å². The number of carbonyl (C=O) groups is 1. The molecule has 0 bridgehead atoms. The van der Waals surface area contributed by atoms with Gasteiger partial charge < -0.3 is 15.0 Å². The van der Waals surface area contributed by atoms with Crippen LogP contribution in [0, 0.1) is 5.82 Å². The highest BCUT2D eigenvalue weighted by molar-refractivity contribution is 6.04. The lowest BCUT2D eigenvalue weighted by Crippen LogP contribution is -2.43. The second-order valence-electron chi connectivity index (χ2n) is 7.88. The lowest BCUT2D eigenvalue weighted by Gasteiger charge is -2.28. The van der Waals surface area contributed by atoms with Crippen molar-refractivity contribution in [1.29, 1.82) is 0 Å². The predicted octanol–water partition coefficient (Wildman–Crippen LogP) is 2.70. The molecule has 8 nitrogen and oxygen atoms in total. The molecular weight excluding hydrogens is 411 g/mol. The van der Waals surface area contributed by atoms with Gasteiger partial charge in [-0.1, -0.05) is 12.1 Å². The Morgan fingerprint density at radius 2 is 2.00 bits per heavy atom. The van der Waals surface area contributed by atoms with Gasteiger partial charge in [0.1, 0.15) is 12.4 Å². The maximum absolute atomic E-state index is 15.3. The summed E-state index contributed by atoms with van der Waals surface area (Å²) in [6, 6.07) is 9.04. The molecule has 1 aliphatic rings. The summed E-state index contributed by atoms with van der Waals surface area (Å²) in [7, 11) is 1.84. The van der Waals surface area contributed by atoms with Crippen molar-refractivity contribution < 1.29 is 13.9 Å². The summed E-state index contributed by atoms with van der Waals surface area (Å²) in [5.74, 6) is 0.0879. The molecule has 1 fully saturated rings. The van der Waals surface area contributed by atoms with Gasteiger partial charge in [0.2, 0.25) is 0 Å². The van der Waals surface area contributed by atoms with Crippen molar-refractivity contribution in [2.75, 3.05) is 37.7 Å². The van der Waals surface area contributed by atoms with Gasteiger partial charge in [0.05, 0.1) is 29.2 Å². The first-order chi connectivity index (χ1) is 15.6. The molecule has 4 aromatic rings. The molecule has 2 aromatic carbocycles. The summed E-state index contributed by atoms with van der Waals surface area (Å²) in [4.78, 5) is 14.4.